The lowest BCUT2D eigenvalue weighted by atomic mass is 9.97. The minimum atomic E-state index is -1.79. The molecule has 9 N–H and O–H groups in total. The van der Waals surface area contributed by atoms with Crippen molar-refractivity contribution >= 4 is 5.91 Å². The Hall–Kier alpha value is -3.09. The molecule has 0 aliphatic carbocycles. The third-order valence-corrected chi connectivity index (χ3v) is 16.3. The maximum atomic E-state index is 13.3. The zero-order valence-electron chi connectivity index (χ0n) is 53.8. The minimum absolute atomic E-state index is 0.250. The smallest absolute Gasteiger partial charge is 0.220 e. The number of hydrogen-bond acceptors (Lipinski definition) is 13. The first-order chi connectivity index (χ1) is 42.1. The number of hydrogen-bond donors (Lipinski definition) is 9. The van der Waals surface area contributed by atoms with Crippen LogP contribution in [-0.2, 0) is 23.7 Å². The van der Waals surface area contributed by atoms with Crippen LogP contribution in [0.5, 0.6) is 0 Å². The summed E-state index contributed by atoms with van der Waals surface area (Å²) in [5.41, 5.74) is 0. The summed E-state index contributed by atoms with van der Waals surface area (Å²) in [7, 11) is 0. The van der Waals surface area contributed by atoms with Crippen molar-refractivity contribution in [3.63, 3.8) is 0 Å². The normalized spacial score (nSPS) is 24.0. The van der Waals surface area contributed by atoms with E-state index in [1.165, 1.54) is 154 Å². The van der Waals surface area contributed by atoms with Gasteiger partial charge in [-0.3, -0.25) is 4.79 Å². The van der Waals surface area contributed by atoms with E-state index in [2.05, 4.69) is 104 Å². The van der Waals surface area contributed by atoms with E-state index in [1.54, 1.807) is 6.08 Å². The maximum Gasteiger partial charge on any atom is 0.220 e. The number of amides is 1. The van der Waals surface area contributed by atoms with E-state index in [-0.39, 0.29) is 18.9 Å². The van der Waals surface area contributed by atoms with E-state index in [9.17, 15) is 45.6 Å². The van der Waals surface area contributed by atoms with Gasteiger partial charge in [-0.2, -0.15) is 0 Å². The highest BCUT2D eigenvalue weighted by molar-refractivity contribution is 5.76. The van der Waals surface area contributed by atoms with Crippen LogP contribution in [0.3, 0.4) is 0 Å². The second kappa shape index (κ2) is 55.9. The Balaban J connectivity index is 1.57. The topological polar surface area (TPSA) is 228 Å². The van der Waals surface area contributed by atoms with Crippen LogP contribution >= 0.6 is 0 Å². The molecule has 2 saturated heterocycles. The lowest BCUT2D eigenvalue weighted by Crippen LogP contribution is -2.65. The Morgan fingerprint density at radius 1 is 0.430 bits per heavy atom. The molecule has 0 spiro atoms. The number of aliphatic hydroxyl groups is 8. The van der Waals surface area contributed by atoms with Crippen LogP contribution in [0.15, 0.2) is 97.2 Å². The number of allylic oxidation sites excluding steroid dienone is 15. The highest BCUT2D eigenvalue weighted by atomic mass is 16.7. The summed E-state index contributed by atoms with van der Waals surface area (Å²) in [5.74, 6) is -0.250. The molecule has 2 aliphatic heterocycles. The summed E-state index contributed by atoms with van der Waals surface area (Å²) in [4.78, 5) is 13.3. The van der Waals surface area contributed by atoms with Crippen LogP contribution in [0.2, 0.25) is 0 Å². The average molecular weight is 1210 g/mol. The fraction of sp³-hybridized carbons (Fsp3) is 0.764. The standard InChI is InChI=1S/C72H125NO13/c1-3-5-7-9-11-13-15-17-18-19-20-21-22-23-24-25-26-27-28-29-30-31-32-33-34-35-36-37-38-39-40-41-42-44-46-48-50-52-54-56-64(77)73-60(61(76)55-53-51-49-47-45-43-16-14-12-10-8-6-4-2)59-83-71-69(82)67(80)70(63(58-75)85-71)86-72-68(81)66(79)65(78)62(57-74)84-72/h5,7,11,13,17-18,20-21,23-24,26-27,45,47,53,55,60-63,65-72,74-76,78-82H,3-4,6,8-10,12,14-16,19,22,25,28-44,46,48-52,54,56-59H2,1-2H3,(H,73,77)/b7-5-,13-11-,18-17-,21-20-,24-23-,27-26-,47-45+,55-53+. The predicted octanol–water partition coefficient (Wildman–Crippen LogP) is 13.8. The van der Waals surface area contributed by atoms with Crippen LogP contribution in [-0.4, -0.2) is 140 Å². The second-order valence-corrected chi connectivity index (χ2v) is 23.9. The van der Waals surface area contributed by atoms with Gasteiger partial charge in [0.1, 0.15) is 48.8 Å². The average Bonchev–Trinajstić information content (AvgIpc) is 2.76. The van der Waals surface area contributed by atoms with Crippen molar-refractivity contribution in [2.45, 2.75) is 331 Å². The molecule has 0 saturated carbocycles. The molecule has 1 amide bonds. The summed E-state index contributed by atoms with van der Waals surface area (Å²) in [6.07, 6.45) is 62.0. The molecule has 86 heavy (non-hydrogen) atoms. The van der Waals surface area contributed by atoms with Crippen molar-refractivity contribution in [1.29, 1.82) is 0 Å². The molecule has 2 aliphatic rings. The van der Waals surface area contributed by atoms with Crippen LogP contribution in [0.4, 0.5) is 0 Å². The molecule has 0 bridgehead atoms. The second-order valence-electron chi connectivity index (χ2n) is 23.9. The van der Waals surface area contributed by atoms with E-state index in [4.69, 9.17) is 18.9 Å². The van der Waals surface area contributed by atoms with E-state index < -0.39 is 86.8 Å². The molecular weight excluding hydrogens is 1090 g/mol. The lowest BCUT2D eigenvalue weighted by Gasteiger charge is -2.46. The highest BCUT2D eigenvalue weighted by Crippen LogP contribution is 2.30. The van der Waals surface area contributed by atoms with Gasteiger partial charge in [0, 0.05) is 6.42 Å². The zero-order valence-corrected chi connectivity index (χ0v) is 53.8. The molecular formula is C72H125NO13. The number of nitrogens with one attached hydrogen (secondary N) is 1. The molecule has 0 radical (unpaired) electrons. The van der Waals surface area contributed by atoms with Crippen LogP contribution < -0.4 is 5.32 Å². The number of rotatable bonds is 55. The highest BCUT2D eigenvalue weighted by Gasteiger charge is 2.51. The molecule has 14 heteroatoms. The predicted molar refractivity (Wildman–Crippen MR) is 350 cm³/mol. The van der Waals surface area contributed by atoms with Crippen LogP contribution in [0.25, 0.3) is 0 Å². The quantitative estimate of drug-likeness (QED) is 0.0204. The molecule has 2 rings (SSSR count). The number of carbonyl (C=O) groups excluding carboxylic acids is 1. The molecule has 0 aromatic rings. The van der Waals surface area contributed by atoms with E-state index >= 15 is 0 Å². The van der Waals surface area contributed by atoms with Crippen molar-refractivity contribution in [2.75, 3.05) is 19.8 Å². The number of ether oxygens (including phenoxy) is 4. The molecule has 496 valence electrons. The molecule has 12 unspecified atom stereocenters. The summed E-state index contributed by atoms with van der Waals surface area (Å²) in [5, 5.41) is 87.1. The Bertz CT molecular complexity index is 1810. The third-order valence-electron chi connectivity index (χ3n) is 16.3. The maximum absolute atomic E-state index is 13.3. The van der Waals surface area contributed by atoms with Gasteiger partial charge in [-0.15, -0.1) is 0 Å². The zero-order chi connectivity index (χ0) is 62.3. The van der Waals surface area contributed by atoms with Crippen molar-refractivity contribution in [1.82, 2.24) is 5.32 Å². The first-order valence-corrected chi connectivity index (χ1v) is 34.5. The first-order valence-electron chi connectivity index (χ1n) is 34.5. The summed E-state index contributed by atoms with van der Waals surface area (Å²) < 4.78 is 22.8. The van der Waals surface area contributed by atoms with Gasteiger partial charge in [0.05, 0.1) is 32.0 Å². The SMILES string of the molecule is CC/C=C\C/C=C\C/C=C\C/C=C\C/C=C\C/C=C\CCCCCCCCCCCCCCCCCCCCCCC(=O)NC(COC1OC(CO)C(OC2OC(CO)C(O)C(O)C2O)C(O)C1O)C(O)/C=C/CC/C=C/CCCCCCCCC. The van der Waals surface area contributed by atoms with Crippen molar-refractivity contribution in [3.05, 3.63) is 97.2 Å². The molecule has 0 aromatic carbocycles. The Morgan fingerprint density at radius 2 is 0.814 bits per heavy atom. The fourth-order valence-electron chi connectivity index (χ4n) is 10.8. The molecule has 2 fully saturated rings. The van der Waals surface area contributed by atoms with Gasteiger partial charge in [-0.05, 0) is 83.5 Å². The third kappa shape index (κ3) is 39.8. The van der Waals surface area contributed by atoms with E-state index in [1.807, 2.05) is 6.08 Å². The van der Waals surface area contributed by atoms with Gasteiger partial charge in [-0.25, -0.2) is 0 Å². The molecule has 2 heterocycles. The Kier molecular flexibility index (Phi) is 51.4. The van der Waals surface area contributed by atoms with Gasteiger partial charge in [0.15, 0.2) is 12.6 Å². The van der Waals surface area contributed by atoms with Crippen molar-refractivity contribution in [2.24, 2.45) is 0 Å². The number of carbonyl (C=O) groups is 1. The monoisotopic (exact) mass is 1210 g/mol. The molecule has 12 atom stereocenters. The summed E-state index contributed by atoms with van der Waals surface area (Å²) >= 11 is 0. The van der Waals surface area contributed by atoms with Gasteiger partial charge in [0.2, 0.25) is 5.91 Å². The van der Waals surface area contributed by atoms with Crippen molar-refractivity contribution < 1.29 is 64.6 Å². The van der Waals surface area contributed by atoms with Gasteiger partial charge >= 0.3 is 0 Å². The van der Waals surface area contributed by atoms with E-state index in [0.717, 1.165) is 70.6 Å². The molecule has 14 nitrogen and oxygen atoms in total. The summed E-state index contributed by atoms with van der Waals surface area (Å²) in [6.45, 7) is 2.65. The van der Waals surface area contributed by atoms with E-state index in [0.29, 0.717) is 12.8 Å². The number of unbranched alkanes of at least 4 members (excludes halogenated alkanes) is 28. The van der Waals surface area contributed by atoms with Gasteiger partial charge in [-0.1, -0.05) is 265 Å². The van der Waals surface area contributed by atoms with Gasteiger partial charge < -0.3 is 65.1 Å². The van der Waals surface area contributed by atoms with Crippen LogP contribution in [0, 0.1) is 0 Å². The Morgan fingerprint density at radius 3 is 1.28 bits per heavy atom. The van der Waals surface area contributed by atoms with Crippen LogP contribution in [0.1, 0.15) is 258 Å². The largest absolute Gasteiger partial charge is 0.394 e. The van der Waals surface area contributed by atoms with Gasteiger partial charge in [0.25, 0.3) is 0 Å². The number of aliphatic hydroxyl groups excluding tert-OH is 8. The Labute approximate surface area is 522 Å². The minimum Gasteiger partial charge on any atom is -0.394 e. The fourth-order valence-corrected chi connectivity index (χ4v) is 10.8. The summed E-state index contributed by atoms with van der Waals surface area (Å²) in [6, 6.07) is -0.933. The first kappa shape index (κ1) is 79.0. The van der Waals surface area contributed by atoms with Crippen molar-refractivity contribution in [3.8, 4) is 0 Å². The lowest BCUT2D eigenvalue weighted by molar-refractivity contribution is -0.359. The molecule has 0 aromatic heterocycles.